The van der Waals surface area contributed by atoms with Crippen molar-refractivity contribution < 1.29 is 24.5 Å². The van der Waals surface area contributed by atoms with Gasteiger partial charge in [0, 0.05) is 19.4 Å². The number of esters is 1. The Balaban J connectivity index is 3.19. The Morgan fingerprint density at radius 3 is 2.11 bits per heavy atom. The maximum absolute atomic E-state index is 11.3. The van der Waals surface area contributed by atoms with Crippen LogP contribution in [0.15, 0.2) is 0 Å². The van der Waals surface area contributed by atoms with Gasteiger partial charge in [-0.05, 0) is 32.1 Å². The van der Waals surface area contributed by atoms with E-state index in [1.807, 2.05) is 0 Å². The summed E-state index contributed by atoms with van der Waals surface area (Å²) in [5, 5.41) is 17.0. The highest BCUT2D eigenvalue weighted by Gasteiger charge is 2.02. The number of carbonyl (C=O) groups is 2. The van der Waals surface area contributed by atoms with Crippen molar-refractivity contribution in [1.29, 1.82) is 0 Å². The van der Waals surface area contributed by atoms with E-state index in [-0.39, 0.29) is 19.0 Å². The number of aliphatic hydroxyl groups is 1. The summed E-state index contributed by atoms with van der Waals surface area (Å²) in [6, 6.07) is 0. The molecule has 0 spiro atoms. The molecular formula is C13H24O5. The molecule has 0 bridgehead atoms. The highest BCUT2D eigenvalue weighted by atomic mass is 16.5. The number of carboxylic acid groups (broad SMARTS) is 1. The number of carboxylic acids is 1. The highest BCUT2D eigenvalue weighted by molar-refractivity contribution is 5.69. The molecule has 106 valence electrons. The summed E-state index contributed by atoms with van der Waals surface area (Å²) in [4.78, 5) is 21.5. The van der Waals surface area contributed by atoms with Gasteiger partial charge in [0.05, 0.1) is 6.61 Å². The summed E-state index contributed by atoms with van der Waals surface area (Å²) in [5.41, 5.74) is 0. The van der Waals surface area contributed by atoms with Crippen molar-refractivity contribution in [3.05, 3.63) is 0 Å². The molecule has 0 atom stereocenters. The fourth-order valence-corrected chi connectivity index (χ4v) is 1.55. The lowest BCUT2D eigenvalue weighted by Gasteiger charge is -2.04. The van der Waals surface area contributed by atoms with Crippen LogP contribution in [0.5, 0.6) is 0 Å². The molecule has 0 aromatic rings. The van der Waals surface area contributed by atoms with Crippen LogP contribution in [0.2, 0.25) is 0 Å². The van der Waals surface area contributed by atoms with E-state index in [4.69, 9.17) is 14.9 Å². The fraction of sp³-hybridized carbons (Fsp3) is 0.846. The van der Waals surface area contributed by atoms with Crippen LogP contribution in [-0.4, -0.2) is 35.4 Å². The summed E-state index contributed by atoms with van der Waals surface area (Å²) in [6.07, 6.45) is 6.22. The molecule has 0 aliphatic rings. The van der Waals surface area contributed by atoms with E-state index in [0.29, 0.717) is 19.4 Å². The summed E-state index contributed by atoms with van der Waals surface area (Å²) in [6.45, 7) is 0.593. The maximum Gasteiger partial charge on any atom is 0.305 e. The minimum atomic E-state index is -0.783. The quantitative estimate of drug-likeness (QED) is 0.415. The zero-order chi connectivity index (χ0) is 13.6. The van der Waals surface area contributed by atoms with E-state index >= 15 is 0 Å². The van der Waals surface area contributed by atoms with Crippen molar-refractivity contribution in [3.63, 3.8) is 0 Å². The van der Waals surface area contributed by atoms with Gasteiger partial charge < -0.3 is 14.9 Å². The Bertz CT molecular complexity index is 227. The third-order valence-electron chi connectivity index (χ3n) is 2.59. The Labute approximate surface area is 108 Å². The number of carbonyl (C=O) groups excluding carboxylic acids is 1. The van der Waals surface area contributed by atoms with Gasteiger partial charge in [-0.1, -0.05) is 12.8 Å². The predicted octanol–water partition coefficient (Wildman–Crippen LogP) is 2.12. The number of aliphatic hydroxyl groups excluding tert-OH is 1. The molecule has 0 radical (unpaired) electrons. The fourth-order valence-electron chi connectivity index (χ4n) is 1.55. The van der Waals surface area contributed by atoms with E-state index in [1.165, 1.54) is 0 Å². The van der Waals surface area contributed by atoms with Crippen molar-refractivity contribution in [3.8, 4) is 0 Å². The molecule has 0 aromatic carbocycles. The molecule has 2 N–H and O–H groups in total. The van der Waals surface area contributed by atoms with Crippen LogP contribution >= 0.6 is 0 Å². The highest BCUT2D eigenvalue weighted by Crippen LogP contribution is 2.05. The number of rotatable bonds is 12. The first kappa shape index (κ1) is 16.9. The lowest BCUT2D eigenvalue weighted by molar-refractivity contribution is -0.144. The van der Waals surface area contributed by atoms with Crippen LogP contribution in [0.4, 0.5) is 0 Å². The van der Waals surface area contributed by atoms with Gasteiger partial charge in [0.25, 0.3) is 0 Å². The van der Waals surface area contributed by atoms with Gasteiger partial charge in [0.2, 0.25) is 0 Å². The Morgan fingerprint density at radius 1 is 0.833 bits per heavy atom. The normalized spacial score (nSPS) is 10.3. The number of aliphatic carboxylic acids is 1. The van der Waals surface area contributed by atoms with Crippen LogP contribution < -0.4 is 0 Å². The molecule has 0 saturated heterocycles. The first-order chi connectivity index (χ1) is 8.66. The summed E-state index contributed by atoms with van der Waals surface area (Å²) in [5.74, 6) is -0.966. The van der Waals surface area contributed by atoms with Crippen LogP contribution in [0.1, 0.15) is 57.8 Å². The molecule has 0 rings (SSSR count). The molecule has 0 saturated carbocycles. The molecule has 0 fully saturated rings. The van der Waals surface area contributed by atoms with E-state index in [9.17, 15) is 9.59 Å². The van der Waals surface area contributed by atoms with Gasteiger partial charge in [-0.15, -0.1) is 0 Å². The standard InChI is InChI=1S/C13H24O5/c14-10-6-2-1-5-9-13(17)18-11-7-3-4-8-12(15)16/h14H,1-11H2,(H,15,16). The summed E-state index contributed by atoms with van der Waals surface area (Å²) < 4.78 is 5.02. The van der Waals surface area contributed by atoms with Crippen molar-refractivity contribution >= 4 is 11.9 Å². The lowest BCUT2D eigenvalue weighted by atomic mass is 10.1. The molecule has 0 amide bonds. The number of hydrogen-bond acceptors (Lipinski definition) is 4. The second kappa shape index (κ2) is 12.4. The van der Waals surface area contributed by atoms with Gasteiger partial charge >= 0.3 is 11.9 Å². The average molecular weight is 260 g/mol. The van der Waals surface area contributed by atoms with E-state index < -0.39 is 5.97 Å². The number of hydrogen-bond donors (Lipinski definition) is 2. The second-order valence-corrected chi connectivity index (χ2v) is 4.31. The summed E-state index contributed by atoms with van der Waals surface area (Å²) >= 11 is 0. The van der Waals surface area contributed by atoms with Crippen molar-refractivity contribution in [2.45, 2.75) is 57.8 Å². The van der Waals surface area contributed by atoms with E-state index in [2.05, 4.69) is 0 Å². The average Bonchev–Trinajstić information content (AvgIpc) is 2.33. The third kappa shape index (κ3) is 13.0. The van der Waals surface area contributed by atoms with Crippen molar-refractivity contribution in [2.24, 2.45) is 0 Å². The smallest absolute Gasteiger partial charge is 0.305 e. The molecule has 0 aromatic heterocycles. The van der Waals surface area contributed by atoms with Crippen molar-refractivity contribution in [1.82, 2.24) is 0 Å². The molecule has 0 aliphatic carbocycles. The molecule has 0 aliphatic heterocycles. The number of unbranched alkanes of at least 4 members (excludes halogenated alkanes) is 5. The summed E-state index contributed by atoms with van der Waals surface area (Å²) in [7, 11) is 0. The zero-order valence-corrected chi connectivity index (χ0v) is 10.9. The van der Waals surface area contributed by atoms with Gasteiger partial charge in [-0.25, -0.2) is 0 Å². The largest absolute Gasteiger partial charge is 0.481 e. The second-order valence-electron chi connectivity index (χ2n) is 4.31. The van der Waals surface area contributed by atoms with Crippen LogP contribution in [0, 0.1) is 0 Å². The van der Waals surface area contributed by atoms with Gasteiger partial charge in [0.15, 0.2) is 0 Å². The van der Waals surface area contributed by atoms with Gasteiger partial charge in [-0.3, -0.25) is 9.59 Å². The Hall–Kier alpha value is -1.10. The molecule has 0 unspecified atom stereocenters. The van der Waals surface area contributed by atoms with Crippen LogP contribution in [0.3, 0.4) is 0 Å². The topological polar surface area (TPSA) is 83.8 Å². The molecular weight excluding hydrogens is 236 g/mol. The monoisotopic (exact) mass is 260 g/mol. The molecule has 0 heterocycles. The zero-order valence-electron chi connectivity index (χ0n) is 10.9. The Kier molecular flexibility index (Phi) is 11.6. The minimum Gasteiger partial charge on any atom is -0.481 e. The molecule has 5 nitrogen and oxygen atoms in total. The van der Waals surface area contributed by atoms with E-state index in [1.54, 1.807) is 0 Å². The first-order valence-electron chi connectivity index (χ1n) is 6.65. The molecule has 5 heteroatoms. The van der Waals surface area contributed by atoms with E-state index in [0.717, 1.165) is 38.5 Å². The maximum atomic E-state index is 11.3. The lowest BCUT2D eigenvalue weighted by Crippen LogP contribution is -2.06. The van der Waals surface area contributed by atoms with Crippen molar-refractivity contribution in [2.75, 3.05) is 13.2 Å². The Morgan fingerprint density at radius 2 is 1.44 bits per heavy atom. The first-order valence-corrected chi connectivity index (χ1v) is 6.65. The van der Waals surface area contributed by atoms with Crippen LogP contribution in [-0.2, 0) is 14.3 Å². The minimum absolute atomic E-state index is 0.179. The predicted molar refractivity (Wildman–Crippen MR) is 67.2 cm³/mol. The van der Waals surface area contributed by atoms with Crippen LogP contribution in [0.25, 0.3) is 0 Å². The number of ether oxygens (including phenoxy) is 1. The SMILES string of the molecule is O=C(O)CCCCCOC(=O)CCCCCCO. The molecule has 18 heavy (non-hydrogen) atoms. The van der Waals surface area contributed by atoms with Gasteiger partial charge in [0.1, 0.15) is 0 Å². The third-order valence-corrected chi connectivity index (χ3v) is 2.59. The van der Waals surface area contributed by atoms with Gasteiger partial charge in [-0.2, -0.15) is 0 Å².